The third-order valence-corrected chi connectivity index (χ3v) is 6.47. The van der Waals surface area contributed by atoms with Gasteiger partial charge in [-0.3, -0.25) is 4.79 Å². The first kappa shape index (κ1) is 24.8. The normalized spacial score (nSPS) is 11.9. The number of hydrogen-bond acceptors (Lipinski definition) is 7. The maximum absolute atomic E-state index is 13.0. The van der Waals surface area contributed by atoms with Gasteiger partial charge in [0.25, 0.3) is 0 Å². The van der Waals surface area contributed by atoms with E-state index < -0.39 is 0 Å². The van der Waals surface area contributed by atoms with Crippen molar-refractivity contribution in [3.05, 3.63) is 53.6 Å². The van der Waals surface area contributed by atoms with Gasteiger partial charge < -0.3 is 18.8 Å². The fourth-order valence-electron chi connectivity index (χ4n) is 3.48. The first-order valence-electron chi connectivity index (χ1n) is 11.0. The van der Waals surface area contributed by atoms with Crippen molar-refractivity contribution < 1.29 is 19.0 Å². The van der Waals surface area contributed by atoms with E-state index in [1.54, 1.807) is 21.3 Å². The number of hydrogen-bond donors (Lipinski definition) is 0. The number of rotatable bonds is 12. The lowest BCUT2D eigenvalue weighted by atomic mass is 10.1. The standard InChI is InChI=1S/C25H31N3O4S/c1-6-18-8-10-19(11-9-18)23(29)17(2)33-25-27-26-24(28(25)14-7-15-30-3)20-12-13-21(31-4)22(16-20)32-5/h8-13,16-17H,6-7,14-15H2,1-5H3. The number of carbonyl (C=O) groups excluding carboxylic acids is 1. The fraction of sp³-hybridized carbons (Fsp3) is 0.400. The summed E-state index contributed by atoms with van der Waals surface area (Å²) in [6.07, 6.45) is 1.74. The summed E-state index contributed by atoms with van der Waals surface area (Å²) in [5.41, 5.74) is 2.78. The zero-order chi connectivity index (χ0) is 23.8. The van der Waals surface area contributed by atoms with Crippen molar-refractivity contribution in [3.63, 3.8) is 0 Å². The molecule has 0 fully saturated rings. The van der Waals surface area contributed by atoms with Crippen LogP contribution in [-0.2, 0) is 17.7 Å². The second-order valence-electron chi connectivity index (χ2n) is 7.55. The summed E-state index contributed by atoms with van der Waals surface area (Å²) in [7, 11) is 4.89. The largest absolute Gasteiger partial charge is 0.493 e. The van der Waals surface area contributed by atoms with Gasteiger partial charge in [0.2, 0.25) is 0 Å². The predicted octanol–water partition coefficient (Wildman–Crippen LogP) is 4.92. The van der Waals surface area contributed by atoms with Crippen LogP contribution in [0.3, 0.4) is 0 Å². The number of nitrogens with zero attached hydrogens (tertiary/aromatic N) is 3. The third-order valence-electron chi connectivity index (χ3n) is 5.39. The minimum atomic E-state index is -0.305. The van der Waals surface area contributed by atoms with Gasteiger partial charge in [0, 0.05) is 31.4 Å². The maximum atomic E-state index is 13.0. The van der Waals surface area contributed by atoms with Gasteiger partial charge in [-0.2, -0.15) is 0 Å². The summed E-state index contributed by atoms with van der Waals surface area (Å²) in [4.78, 5) is 13.0. The molecule has 7 nitrogen and oxygen atoms in total. The van der Waals surface area contributed by atoms with E-state index in [1.807, 2.05) is 54.0 Å². The Kier molecular flexibility index (Phi) is 8.91. The number of aromatic nitrogens is 3. The van der Waals surface area contributed by atoms with E-state index in [9.17, 15) is 4.79 Å². The number of ketones is 1. The van der Waals surface area contributed by atoms with Gasteiger partial charge in [-0.05, 0) is 43.5 Å². The van der Waals surface area contributed by atoms with Crippen molar-refractivity contribution in [2.24, 2.45) is 0 Å². The van der Waals surface area contributed by atoms with Crippen LogP contribution in [0.4, 0.5) is 0 Å². The highest BCUT2D eigenvalue weighted by Crippen LogP contribution is 2.34. The van der Waals surface area contributed by atoms with Crippen LogP contribution >= 0.6 is 11.8 Å². The SMILES string of the molecule is CCc1ccc(C(=O)C(C)Sc2nnc(-c3ccc(OC)c(OC)c3)n2CCCOC)cc1. The van der Waals surface area contributed by atoms with Crippen molar-refractivity contribution >= 4 is 17.5 Å². The Bertz CT molecular complexity index is 1070. The average molecular weight is 470 g/mol. The van der Waals surface area contributed by atoms with E-state index in [-0.39, 0.29) is 11.0 Å². The quantitative estimate of drug-likeness (QED) is 0.212. The molecule has 0 aliphatic rings. The van der Waals surface area contributed by atoms with Gasteiger partial charge >= 0.3 is 0 Å². The minimum Gasteiger partial charge on any atom is -0.493 e. The topological polar surface area (TPSA) is 75.5 Å². The molecule has 3 rings (SSSR count). The smallest absolute Gasteiger partial charge is 0.192 e. The summed E-state index contributed by atoms with van der Waals surface area (Å²) in [5.74, 6) is 2.05. The lowest BCUT2D eigenvalue weighted by Crippen LogP contribution is -2.15. The summed E-state index contributed by atoms with van der Waals surface area (Å²) >= 11 is 1.42. The lowest BCUT2D eigenvalue weighted by molar-refractivity contribution is 0.0994. The van der Waals surface area contributed by atoms with Gasteiger partial charge in [-0.1, -0.05) is 43.0 Å². The van der Waals surface area contributed by atoms with E-state index in [2.05, 4.69) is 17.1 Å². The molecule has 0 bridgehead atoms. The van der Waals surface area contributed by atoms with E-state index in [4.69, 9.17) is 14.2 Å². The third kappa shape index (κ3) is 5.94. The van der Waals surface area contributed by atoms with Crippen LogP contribution in [0.1, 0.15) is 36.2 Å². The molecule has 0 N–H and O–H groups in total. The summed E-state index contributed by atoms with van der Waals surface area (Å²) in [6.45, 7) is 5.29. The Hall–Kier alpha value is -2.84. The van der Waals surface area contributed by atoms with Crippen LogP contribution in [0, 0.1) is 0 Å². The average Bonchev–Trinajstić information content (AvgIpc) is 3.25. The number of carbonyl (C=O) groups is 1. The molecule has 2 aromatic carbocycles. The van der Waals surface area contributed by atoms with Crippen molar-refractivity contribution in [1.82, 2.24) is 14.8 Å². The molecule has 8 heteroatoms. The molecule has 176 valence electrons. The molecule has 3 aromatic rings. The number of aryl methyl sites for hydroxylation is 1. The van der Waals surface area contributed by atoms with Crippen LogP contribution < -0.4 is 9.47 Å². The fourth-order valence-corrected chi connectivity index (χ4v) is 4.44. The van der Waals surface area contributed by atoms with E-state index in [0.717, 1.165) is 18.4 Å². The van der Waals surface area contributed by atoms with Crippen LogP contribution in [0.15, 0.2) is 47.6 Å². The van der Waals surface area contributed by atoms with Crippen LogP contribution in [0.5, 0.6) is 11.5 Å². The molecule has 1 heterocycles. The highest BCUT2D eigenvalue weighted by Gasteiger charge is 2.22. The van der Waals surface area contributed by atoms with Crippen LogP contribution in [0.25, 0.3) is 11.4 Å². The highest BCUT2D eigenvalue weighted by molar-refractivity contribution is 8.00. The number of methoxy groups -OCH3 is 3. The second kappa shape index (κ2) is 11.9. The molecule has 0 saturated heterocycles. The molecule has 0 amide bonds. The Labute approximate surface area is 199 Å². The van der Waals surface area contributed by atoms with Crippen molar-refractivity contribution in [2.75, 3.05) is 27.9 Å². The van der Waals surface area contributed by atoms with Gasteiger partial charge in [0.15, 0.2) is 28.3 Å². The summed E-state index contributed by atoms with van der Waals surface area (Å²) in [6, 6.07) is 13.5. The molecule has 0 spiro atoms. The predicted molar refractivity (Wildman–Crippen MR) is 131 cm³/mol. The number of Topliss-reactive ketones (excluding diaryl/α,β-unsaturated/α-hetero) is 1. The van der Waals surface area contributed by atoms with Gasteiger partial charge in [-0.15, -0.1) is 10.2 Å². The first-order valence-corrected chi connectivity index (χ1v) is 11.8. The van der Waals surface area contributed by atoms with Crippen molar-refractivity contribution in [3.8, 4) is 22.9 Å². The van der Waals surface area contributed by atoms with Gasteiger partial charge in [0.1, 0.15) is 0 Å². The molecule has 1 atom stereocenters. The Morgan fingerprint density at radius 1 is 1.03 bits per heavy atom. The van der Waals surface area contributed by atoms with Crippen LogP contribution in [-0.4, -0.2) is 53.7 Å². The highest BCUT2D eigenvalue weighted by atomic mass is 32.2. The Morgan fingerprint density at radius 2 is 1.76 bits per heavy atom. The molecule has 0 aliphatic heterocycles. The van der Waals surface area contributed by atoms with E-state index >= 15 is 0 Å². The first-order chi connectivity index (χ1) is 16.0. The molecule has 1 unspecified atom stereocenters. The van der Waals surface area contributed by atoms with E-state index in [0.29, 0.717) is 41.2 Å². The second-order valence-corrected chi connectivity index (χ2v) is 8.86. The molecule has 0 radical (unpaired) electrons. The lowest BCUT2D eigenvalue weighted by Gasteiger charge is -2.14. The zero-order valence-corrected chi connectivity index (χ0v) is 20.6. The van der Waals surface area contributed by atoms with Crippen LogP contribution in [0.2, 0.25) is 0 Å². The number of benzene rings is 2. The van der Waals surface area contributed by atoms with E-state index in [1.165, 1.54) is 17.3 Å². The molecule has 33 heavy (non-hydrogen) atoms. The molecular weight excluding hydrogens is 438 g/mol. The van der Waals surface area contributed by atoms with Gasteiger partial charge in [-0.25, -0.2) is 0 Å². The summed E-state index contributed by atoms with van der Waals surface area (Å²) < 4.78 is 18.1. The van der Waals surface area contributed by atoms with Crippen molar-refractivity contribution in [1.29, 1.82) is 0 Å². The zero-order valence-electron chi connectivity index (χ0n) is 19.8. The Morgan fingerprint density at radius 3 is 2.39 bits per heavy atom. The molecule has 0 saturated carbocycles. The molecule has 1 aromatic heterocycles. The molecule has 0 aliphatic carbocycles. The Balaban J connectivity index is 1.88. The number of thioether (sulfide) groups is 1. The van der Waals surface area contributed by atoms with Crippen molar-refractivity contribution in [2.45, 2.75) is 43.6 Å². The van der Waals surface area contributed by atoms with Gasteiger partial charge in [0.05, 0.1) is 19.5 Å². The minimum absolute atomic E-state index is 0.0711. The maximum Gasteiger partial charge on any atom is 0.192 e. The summed E-state index contributed by atoms with van der Waals surface area (Å²) in [5, 5.41) is 9.26. The number of ether oxygens (including phenoxy) is 3. The molecular formula is C25H31N3O4S. The monoisotopic (exact) mass is 469 g/mol.